The standard InChI is InChI=1S/C10H14N4O6/c11-4-1-2-13(9(12)6(4)14(18)19)10-8(17)7(16)5(3-15)20-10/h1-2,5,7-8,10,12,15-17H,3,11H2/t5-,7-,8-,10-/m1/s1. The molecule has 1 aromatic rings. The predicted octanol–water partition coefficient (Wildman–Crippen LogP) is -1.93. The van der Waals surface area contributed by atoms with Gasteiger partial charge < -0.3 is 25.8 Å². The second-order valence-electron chi connectivity index (χ2n) is 4.36. The Balaban J connectivity index is 2.47. The molecule has 6 N–H and O–H groups in total. The summed E-state index contributed by atoms with van der Waals surface area (Å²) in [4.78, 5) is 10.1. The maximum Gasteiger partial charge on any atom is 0.334 e. The number of ether oxygens (including phenoxy) is 1. The number of nitrogen functional groups attached to an aromatic ring is 1. The minimum Gasteiger partial charge on any atom is -0.394 e. The van der Waals surface area contributed by atoms with Crippen LogP contribution in [0.25, 0.3) is 0 Å². The summed E-state index contributed by atoms with van der Waals surface area (Å²) in [5.74, 6) is 0. The van der Waals surface area contributed by atoms with E-state index in [2.05, 4.69) is 0 Å². The molecule has 20 heavy (non-hydrogen) atoms. The molecular formula is C10H14N4O6. The van der Waals surface area contributed by atoms with E-state index < -0.39 is 47.2 Å². The van der Waals surface area contributed by atoms with Crippen molar-refractivity contribution in [3.63, 3.8) is 0 Å². The molecular weight excluding hydrogens is 272 g/mol. The van der Waals surface area contributed by atoms with Crippen LogP contribution in [0, 0.1) is 15.5 Å². The number of nitrogens with two attached hydrogens (primary N) is 1. The number of nitrogens with one attached hydrogen (secondary N) is 1. The molecule has 0 aliphatic carbocycles. The van der Waals surface area contributed by atoms with E-state index >= 15 is 0 Å². The van der Waals surface area contributed by atoms with E-state index in [9.17, 15) is 20.3 Å². The molecule has 0 aromatic carbocycles. The quantitative estimate of drug-likeness (QED) is 0.318. The summed E-state index contributed by atoms with van der Waals surface area (Å²) in [5, 5.41) is 47.1. The minimum absolute atomic E-state index is 0.192. The van der Waals surface area contributed by atoms with Gasteiger partial charge in [-0.15, -0.1) is 0 Å². The zero-order valence-corrected chi connectivity index (χ0v) is 10.2. The first-order chi connectivity index (χ1) is 9.38. The van der Waals surface area contributed by atoms with Crippen molar-refractivity contribution >= 4 is 11.4 Å². The summed E-state index contributed by atoms with van der Waals surface area (Å²) in [7, 11) is 0. The van der Waals surface area contributed by atoms with Gasteiger partial charge in [0.15, 0.2) is 6.23 Å². The van der Waals surface area contributed by atoms with Crippen molar-refractivity contribution in [3.05, 3.63) is 27.9 Å². The van der Waals surface area contributed by atoms with Crippen LogP contribution in [0.1, 0.15) is 6.23 Å². The zero-order chi connectivity index (χ0) is 15.0. The maximum absolute atomic E-state index is 10.9. The van der Waals surface area contributed by atoms with E-state index in [1.165, 1.54) is 12.3 Å². The van der Waals surface area contributed by atoms with Crippen LogP contribution >= 0.6 is 0 Å². The molecule has 1 aliphatic rings. The van der Waals surface area contributed by atoms with Crippen LogP contribution < -0.4 is 11.2 Å². The number of pyridine rings is 1. The van der Waals surface area contributed by atoms with Gasteiger partial charge in [0.1, 0.15) is 24.0 Å². The summed E-state index contributed by atoms with van der Waals surface area (Å²) in [6, 6.07) is 1.20. The van der Waals surface area contributed by atoms with Gasteiger partial charge in [0.2, 0.25) is 5.49 Å². The van der Waals surface area contributed by atoms with Crippen molar-refractivity contribution in [2.45, 2.75) is 24.5 Å². The number of hydrogen-bond donors (Lipinski definition) is 5. The third-order valence-corrected chi connectivity index (χ3v) is 3.14. The van der Waals surface area contributed by atoms with Crippen LogP contribution in [0.4, 0.5) is 11.4 Å². The highest BCUT2D eigenvalue weighted by Crippen LogP contribution is 2.29. The normalized spacial score (nSPS) is 29.6. The average Bonchev–Trinajstić information content (AvgIpc) is 2.66. The largest absolute Gasteiger partial charge is 0.394 e. The lowest BCUT2D eigenvalue weighted by Gasteiger charge is -2.18. The first kappa shape index (κ1) is 14.4. The second kappa shape index (κ2) is 5.17. The van der Waals surface area contributed by atoms with Crippen LogP contribution in [0.3, 0.4) is 0 Å². The van der Waals surface area contributed by atoms with E-state index in [-0.39, 0.29) is 5.69 Å². The number of nitro groups is 1. The zero-order valence-electron chi connectivity index (χ0n) is 10.2. The van der Waals surface area contributed by atoms with Crippen molar-refractivity contribution in [2.75, 3.05) is 12.3 Å². The van der Waals surface area contributed by atoms with Crippen LogP contribution in [-0.4, -0.2) is 49.7 Å². The van der Waals surface area contributed by atoms with E-state index in [4.69, 9.17) is 21.0 Å². The van der Waals surface area contributed by atoms with Crippen molar-refractivity contribution in [3.8, 4) is 0 Å². The molecule has 4 atom stereocenters. The molecule has 0 amide bonds. The highest BCUT2D eigenvalue weighted by Gasteiger charge is 2.43. The smallest absolute Gasteiger partial charge is 0.334 e. The number of rotatable bonds is 3. The lowest BCUT2D eigenvalue weighted by atomic mass is 10.1. The highest BCUT2D eigenvalue weighted by atomic mass is 16.6. The molecule has 10 heteroatoms. The Morgan fingerprint density at radius 2 is 2.15 bits per heavy atom. The number of aromatic nitrogens is 1. The van der Waals surface area contributed by atoms with Crippen molar-refractivity contribution in [2.24, 2.45) is 0 Å². The van der Waals surface area contributed by atoms with Gasteiger partial charge in [0, 0.05) is 6.20 Å². The fourth-order valence-electron chi connectivity index (χ4n) is 2.09. The Labute approximate surface area is 112 Å². The third kappa shape index (κ3) is 2.14. The number of aliphatic hydroxyl groups is 3. The van der Waals surface area contributed by atoms with E-state index in [0.29, 0.717) is 0 Å². The van der Waals surface area contributed by atoms with Gasteiger partial charge >= 0.3 is 5.69 Å². The molecule has 2 rings (SSSR count). The molecule has 10 nitrogen and oxygen atoms in total. The number of nitrogens with zero attached hydrogens (tertiary/aromatic N) is 2. The summed E-state index contributed by atoms with van der Waals surface area (Å²) < 4.78 is 6.19. The molecule has 0 bridgehead atoms. The monoisotopic (exact) mass is 286 g/mol. The Bertz CT molecular complexity index is 588. The SMILES string of the molecule is N=c1c([N+](=O)[O-])c(N)ccn1[C@@H]1O[C@H](CO)[C@@H](O)[C@H]1O. The molecule has 1 aliphatic heterocycles. The third-order valence-electron chi connectivity index (χ3n) is 3.14. The minimum atomic E-state index is -1.43. The summed E-state index contributed by atoms with van der Waals surface area (Å²) in [6.07, 6.45) is -3.78. The van der Waals surface area contributed by atoms with Gasteiger partial charge in [0.25, 0.3) is 0 Å². The van der Waals surface area contributed by atoms with Gasteiger partial charge in [0.05, 0.1) is 11.5 Å². The topological polar surface area (TPSA) is 168 Å². The van der Waals surface area contributed by atoms with Gasteiger partial charge in [-0.1, -0.05) is 0 Å². The highest BCUT2D eigenvalue weighted by molar-refractivity contribution is 5.55. The van der Waals surface area contributed by atoms with E-state index in [1.54, 1.807) is 0 Å². The Morgan fingerprint density at radius 3 is 2.65 bits per heavy atom. The molecule has 2 heterocycles. The Morgan fingerprint density at radius 1 is 1.50 bits per heavy atom. The first-order valence-corrected chi connectivity index (χ1v) is 5.70. The molecule has 1 fully saturated rings. The lowest BCUT2D eigenvalue weighted by molar-refractivity contribution is -0.386. The number of anilines is 1. The van der Waals surface area contributed by atoms with Crippen molar-refractivity contribution in [1.29, 1.82) is 5.41 Å². The lowest BCUT2D eigenvalue weighted by Crippen LogP contribution is -2.35. The number of aliphatic hydroxyl groups excluding tert-OH is 3. The molecule has 110 valence electrons. The van der Waals surface area contributed by atoms with E-state index in [0.717, 1.165) is 4.57 Å². The second-order valence-corrected chi connectivity index (χ2v) is 4.36. The maximum atomic E-state index is 10.9. The summed E-state index contributed by atoms with van der Waals surface area (Å²) in [6.45, 7) is -0.528. The first-order valence-electron chi connectivity index (χ1n) is 5.70. The molecule has 0 spiro atoms. The molecule has 0 saturated carbocycles. The van der Waals surface area contributed by atoms with Gasteiger partial charge in [-0.3, -0.25) is 20.1 Å². The van der Waals surface area contributed by atoms with E-state index in [1.807, 2.05) is 0 Å². The van der Waals surface area contributed by atoms with Gasteiger partial charge in [-0.05, 0) is 6.07 Å². The van der Waals surface area contributed by atoms with Crippen LogP contribution in [-0.2, 0) is 4.74 Å². The van der Waals surface area contributed by atoms with Crippen LogP contribution in [0.5, 0.6) is 0 Å². The molecule has 1 saturated heterocycles. The fourth-order valence-corrected chi connectivity index (χ4v) is 2.09. The van der Waals surface area contributed by atoms with Crippen LogP contribution in [0.15, 0.2) is 12.3 Å². The molecule has 0 unspecified atom stereocenters. The Kier molecular flexibility index (Phi) is 3.72. The van der Waals surface area contributed by atoms with Crippen LogP contribution in [0.2, 0.25) is 0 Å². The molecule has 1 aromatic heterocycles. The fraction of sp³-hybridized carbons (Fsp3) is 0.500. The number of hydrogen-bond acceptors (Lipinski definition) is 8. The van der Waals surface area contributed by atoms with Crippen molar-refractivity contribution in [1.82, 2.24) is 4.57 Å². The average molecular weight is 286 g/mol. The van der Waals surface area contributed by atoms with Gasteiger partial charge in [-0.25, -0.2) is 0 Å². The summed E-state index contributed by atoms with van der Waals surface area (Å²) in [5.41, 5.74) is 4.06. The van der Waals surface area contributed by atoms with Crippen molar-refractivity contribution < 1.29 is 25.0 Å². The predicted molar refractivity (Wildman–Crippen MR) is 64.4 cm³/mol. The molecule has 0 radical (unpaired) electrons. The Hall–Kier alpha value is -2.01. The summed E-state index contributed by atoms with van der Waals surface area (Å²) >= 11 is 0. The van der Waals surface area contributed by atoms with Gasteiger partial charge in [-0.2, -0.15) is 0 Å².